The topological polar surface area (TPSA) is 41.6 Å². The highest BCUT2D eigenvalue weighted by Crippen LogP contribution is 2.35. The van der Waals surface area contributed by atoms with Crippen molar-refractivity contribution in [2.24, 2.45) is 0 Å². The molecular weight excluding hydrogens is 300 g/mol. The van der Waals surface area contributed by atoms with E-state index in [1.54, 1.807) is 0 Å². The summed E-state index contributed by atoms with van der Waals surface area (Å²) in [4.78, 5) is 14.7. The van der Waals surface area contributed by atoms with Crippen LogP contribution in [-0.4, -0.2) is 34.7 Å². The van der Waals surface area contributed by atoms with Crippen molar-refractivity contribution < 1.29 is 9.53 Å². The number of alkyl carbamates (subject to hydrolysis) is 1. The Morgan fingerprint density at radius 2 is 1.79 bits per heavy atom. The molecule has 2 heterocycles. The molecule has 0 radical (unpaired) electrons. The van der Waals surface area contributed by atoms with E-state index in [1.165, 1.54) is 24.8 Å². The third-order valence-electron chi connectivity index (χ3n) is 5.05. The number of piperidine rings is 2. The Labute approximate surface area is 145 Å². The van der Waals surface area contributed by atoms with E-state index in [-0.39, 0.29) is 12.1 Å². The molecule has 2 saturated heterocycles. The van der Waals surface area contributed by atoms with E-state index < -0.39 is 5.60 Å². The predicted octanol–water partition coefficient (Wildman–Crippen LogP) is 4.10. The van der Waals surface area contributed by atoms with Gasteiger partial charge in [0.15, 0.2) is 0 Å². The molecule has 2 bridgehead atoms. The van der Waals surface area contributed by atoms with Gasteiger partial charge in [0.1, 0.15) is 5.60 Å². The second-order valence-corrected chi connectivity index (χ2v) is 8.21. The van der Waals surface area contributed by atoms with Gasteiger partial charge in [0.05, 0.1) is 0 Å². The minimum Gasteiger partial charge on any atom is -0.444 e. The minimum atomic E-state index is -0.437. The van der Waals surface area contributed by atoms with E-state index in [0.717, 1.165) is 19.4 Å². The Morgan fingerprint density at radius 3 is 2.38 bits per heavy atom. The lowest BCUT2D eigenvalue weighted by molar-refractivity contribution is 0.0101. The fourth-order valence-electron chi connectivity index (χ4n) is 4.12. The van der Waals surface area contributed by atoms with Gasteiger partial charge in [-0.1, -0.05) is 36.8 Å². The van der Waals surface area contributed by atoms with Gasteiger partial charge in [-0.2, -0.15) is 0 Å². The standard InChI is InChI=1S/C20H30N2O2/c1-20(2,3)24-19(23)21-16-12-17-10-7-11-18(13-16)22(17)14-15-8-5-4-6-9-15/h4-6,8-9,16-18H,7,10-14H2,1-3H3,(H,21,23). The molecule has 1 N–H and O–H groups in total. The van der Waals surface area contributed by atoms with Crippen molar-refractivity contribution in [1.82, 2.24) is 10.2 Å². The lowest BCUT2D eigenvalue weighted by atomic mass is 9.81. The Balaban J connectivity index is 1.60. The van der Waals surface area contributed by atoms with Crippen LogP contribution in [0, 0.1) is 0 Å². The van der Waals surface area contributed by atoms with Crippen LogP contribution in [0.15, 0.2) is 30.3 Å². The molecule has 1 amide bonds. The quantitative estimate of drug-likeness (QED) is 0.907. The largest absolute Gasteiger partial charge is 0.444 e. The summed E-state index contributed by atoms with van der Waals surface area (Å²) in [6, 6.07) is 12.1. The van der Waals surface area contributed by atoms with Crippen molar-refractivity contribution in [3.05, 3.63) is 35.9 Å². The molecule has 2 unspecified atom stereocenters. The maximum Gasteiger partial charge on any atom is 0.407 e. The molecular formula is C20H30N2O2. The molecule has 0 aromatic heterocycles. The van der Waals surface area contributed by atoms with Crippen LogP contribution in [0.5, 0.6) is 0 Å². The molecule has 132 valence electrons. The number of nitrogens with zero attached hydrogens (tertiary/aromatic N) is 1. The van der Waals surface area contributed by atoms with Crippen LogP contribution < -0.4 is 5.32 Å². The van der Waals surface area contributed by atoms with Gasteiger partial charge >= 0.3 is 6.09 Å². The summed E-state index contributed by atoms with van der Waals surface area (Å²) in [6.07, 6.45) is 5.55. The monoisotopic (exact) mass is 330 g/mol. The van der Waals surface area contributed by atoms with Crippen molar-refractivity contribution in [2.75, 3.05) is 0 Å². The second-order valence-electron chi connectivity index (χ2n) is 8.21. The minimum absolute atomic E-state index is 0.238. The first-order valence-corrected chi connectivity index (χ1v) is 9.20. The molecule has 24 heavy (non-hydrogen) atoms. The summed E-state index contributed by atoms with van der Waals surface area (Å²) in [5.74, 6) is 0. The average molecular weight is 330 g/mol. The van der Waals surface area contributed by atoms with Crippen LogP contribution in [0.3, 0.4) is 0 Å². The van der Waals surface area contributed by atoms with Gasteiger partial charge in [-0.05, 0) is 52.0 Å². The predicted molar refractivity (Wildman–Crippen MR) is 95.8 cm³/mol. The SMILES string of the molecule is CC(C)(C)OC(=O)NC1CC2CCCC(C1)N2Cc1ccccc1. The van der Waals surface area contributed by atoms with E-state index in [1.807, 2.05) is 20.8 Å². The smallest absolute Gasteiger partial charge is 0.407 e. The summed E-state index contributed by atoms with van der Waals surface area (Å²) in [5, 5.41) is 3.10. The highest BCUT2D eigenvalue weighted by atomic mass is 16.6. The van der Waals surface area contributed by atoms with Crippen molar-refractivity contribution in [3.8, 4) is 0 Å². The van der Waals surface area contributed by atoms with Crippen LogP contribution in [0.4, 0.5) is 4.79 Å². The summed E-state index contributed by atoms with van der Waals surface area (Å²) >= 11 is 0. The second kappa shape index (κ2) is 7.14. The number of carbonyl (C=O) groups excluding carboxylic acids is 1. The Morgan fingerprint density at radius 1 is 1.17 bits per heavy atom. The number of benzene rings is 1. The first-order valence-electron chi connectivity index (χ1n) is 9.20. The fourth-order valence-corrected chi connectivity index (χ4v) is 4.12. The Bertz CT molecular complexity index is 539. The molecule has 4 nitrogen and oxygen atoms in total. The molecule has 2 aliphatic heterocycles. The first-order chi connectivity index (χ1) is 11.4. The summed E-state index contributed by atoms with van der Waals surface area (Å²) in [5.41, 5.74) is 0.946. The van der Waals surface area contributed by atoms with Crippen LogP contribution in [0.2, 0.25) is 0 Å². The zero-order valence-corrected chi connectivity index (χ0v) is 15.1. The summed E-state index contributed by atoms with van der Waals surface area (Å²) in [6.45, 7) is 6.74. The Kier molecular flexibility index (Phi) is 5.14. The van der Waals surface area contributed by atoms with Gasteiger partial charge in [-0.15, -0.1) is 0 Å². The van der Waals surface area contributed by atoms with E-state index in [9.17, 15) is 4.79 Å². The molecule has 2 aliphatic rings. The lowest BCUT2D eigenvalue weighted by Gasteiger charge is -2.49. The van der Waals surface area contributed by atoms with E-state index in [4.69, 9.17) is 4.74 Å². The van der Waals surface area contributed by atoms with E-state index >= 15 is 0 Å². The Hall–Kier alpha value is -1.55. The molecule has 0 aliphatic carbocycles. The van der Waals surface area contributed by atoms with Crippen LogP contribution in [-0.2, 0) is 11.3 Å². The fraction of sp³-hybridized carbons (Fsp3) is 0.650. The first kappa shape index (κ1) is 17.3. The molecule has 1 aromatic carbocycles. The summed E-state index contributed by atoms with van der Waals surface area (Å²) < 4.78 is 5.42. The summed E-state index contributed by atoms with van der Waals surface area (Å²) in [7, 11) is 0. The maximum atomic E-state index is 12.1. The number of amides is 1. The molecule has 3 rings (SSSR count). The van der Waals surface area contributed by atoms with Gasteiger partial charge in [-0.3, -0.25) is 4.90 Å². The highest BCUT2D eigenvalue weighted by Gasteiger charge is 2.38. The van der Waals surface area contributed by atoms with Crippen LogP contribution >= 0.6 is 0 Å². The molecule has 2 atom stereocenters. The third-order valence-corrected chi connectivity index (χ3v) is 5.05. The molecule has 0 saturated carbocycles. The number of carbonyl (C=O) groups is 1. The molecule has 0 spiro atoms. The lowest BCUT2D eigenvalue weighted by Crippen LogP contribution is -2.56. The van der Waals surface area contributed by atoms with Crippen LogP contribution in [0.1, 0.15) is 58.4 Å². The average Bonchev–Trinajstić information content (AvgIpc) is 2.47. The third kappa shape index (κ3) is 4.50. The zero-order chi connectivity index (χ0) is 17.2. The maximum absolute atomic E-state index is 12.1. The van der Waals surface area contributed by atoms with E-state index in [2.05, 4.69) is 40.5 Å². The number of rotatable bonds is 3. The zero-order valence-electron chi connectivity index (χ0n) is 15.1. The van der Waals surface area contributed by atoms with Gasteiger partial charge in [0, 0.05) is 24.7 Å². The van der Waals surface area contributed by atoms with Gasteiger partial charge in [0.2, 0.25) is 0 Å². The normalized spacial score (nSPS) is 27.5. The van der Waals surface area contributed by atoms with Crippen molar-refractivity contribution in [1.29, 1.82) is 0 Å². The number of fused-ring (bicyclic) bond motifs is 2. The van der Waals surface area contributed by atoms with E-state index in [0.29, 0.717) is 12.1 Å². The van der Waals surface area contributed by atoms with Crippen molar-refractivity contribution in [2.45, 2.75) is 83.1 Å². The molecule has 1 aromatic rings. The highest BCUT2D eigenvalue weighted by molar-refractivity contribution is 5.68. The molecule has 4 heteroatoms. The van der Waals surface area contributed by atoms with Crippen molar-refractivity contribution >= 4 is 6.09 Å². The van der Waals surface area contributed by atoms with Gasteiger partial charge in [0.25, 0.3) is 0 Å². The number of ether oxygens (including phenoxy) is 1. The van der Waals surface area contributed by atoms with Gasteiger partial charge < -0.3 is 10.1 Å². The number of hydrogen-bond donors (Lipinski definition) is 1. The van der Waals surface area contributed by atoms with Crippen LogP contribution in [0.25, 0.3) is 0 Å². The number of hydrogen-bond acceptors (Lipinski definition) is 3. The number of nitrogens with one attached hydrogen (secondary N) is 1. The van der Waals surface area contributed by atoms with Crippen molar-refractivity contribution in [3.63, 3.8) is 0 Å². The molecule has 2 fully saturated rings. The van der Waals surface area contributed by atoms with Gasteiger partial charge in [-0.25, -0.2) is 4.79 Å².